The molecule has 0 aromatic rings. The molecule has 0 aliphatic carbocycles. The van der Waals surface area contributed by atoms with Gasteiger partial charge in [0, 0.05) is 4.91 Å². The van der Waals surface area contributed by atoms with Crippen molar-refractivity contribution in [1.29, 1.82) is 0 Å². The number of allylic oxidation sites excluding steroid dienone is 2. The van der Waals surface area contributed by atoms with Gasteiger partial charge in [-0.25, -0.2) is 4.39 Å². The first-order valence-electron chi connectivity index (χ1n) is 3.05. The number of thioether (sulfide) groups is 1. The van der Waals surface area contributed by atoms with Gasteiger partial charge in [0.05, 0.1) is 5.70 Å². The molecule has 0 saturated heterocycles. The van der Waals surface area contributed by atoms with Crippen LogP contribution in [0.1, 0.15) is 6.92 Å². The Morgan fingerprint density at radius 3 is 2.00 bits per heavy atom. The standard InChI is InChI=1S/C8H12FNS/c1-5(2)8(11-4)7(10)6(3)9/h1,3,10H2,2,4H3/b8-7-. The molecule has 0 aromatic heterocycles. The highest BCUT2D eigenvalue weighted by atomic mass is 32.2. The Morgan fingerprint density at radius 1 is 1.45 bits per heavy atom. The van der Waals surface area contributed by atoms with E-state index in [1.165, 1.54) is 11.8 Å². The van der Waals surface area contributed by atoms with Crippen molar-refractivity contribution >= 4 is 11.8 Å². The van der Waals surface area contributed by atoms with E-state index in [2.05, 4.69) is 13.2 Å². The molecule has 62 valence electrons. The first kappa shape index (κ1) is 10.3. The SMILES string of the molecule is C=C(F)/C(N)=C(/SC)C(=C)C. The van der Waals surface area contributed by atoms with Crippen LogP contribution >= 0.6 is 11.8 Å². The van der Waals surface area contributed by atoms with Crippen LogP contribution in [0.5, 0.6) is 0 Å². The van der Waals surface area contributed by atoms with E-state index >= 15 is 0 Å². The van der Waals surface area contributed by atoms with Crippen molar-refractivity contribution in [3.63, 3.8) is 0 Å². The van der Waals surface area contributed by atoms with Crippen LogP contribution in [0.2, 0.25) is 0 Å². The molecule has 0 heterocycles. The Morgan fingerprint density at radius 2 is 1.91 bits per heavy atom. The zero-order chi connectivity index (χ0) is 9.02. The first-order chi connectivity index (χ1) is 5.00. The summed E-state index contributed by atoms with van der Waals surface area (Å²) in [6.45, 7) is 8.54. The van der Waals surface area contributed by atoms with Gasteiger partial charge in [-0.15, -0.1) is 11.8 Å². The third-order valence-corrected chi connectivity index (χ3v) is 2.11. The molecule has 0 aliphatic rings. The Kier molecular flexibility index (Phi) is 3.97. The smallest absolute Gasteiger partial charge is 0.140 e. The van der Waals surface area contributed by atoms with E-state index in [-0.39, 0.29) is 5.70 Å². The molecule has 1 nitrogen and oxygen atoms in total. The van der Waals surface area contributed by atoms with Gasteiger partial charge in [-0.1, -0.05) is 13.2 Å². The highest BCUT2D eigenvalue weighted by molar-refractivity contribution is 8.02. The van der Waals surface area contributed by atoms with Crippen molar-refractivity contribution in [3.05, 3.63) is 35.2 Å². The molecule has 3 heteroatoms. The second-order valence-corrected chi connectivity index (χ2v) is 2.95. The van der Waals surface area contributed by atoms with Crippen molar-refractivity contribution in [2.75, 3.05) is 6.26 Å². The largest absolute Gasteiger partial charge is 0.395 e. The summed E-state index contributed by atoms with van der Waals surface area (Å²) in [4.78, 5) is 0.664. The third-order valence-electron chi connectivity index (χ3n) is 1.13. The summed E-state index contributed by atoms with van der Waals surface area (Å²) in [6.07, 6.45) is 1.82. The fourth-order valence-corrected chi connectivity index (χ4v) is 1.32. The zero-order valence-corrected chi connectivity index (χ0v) is 7.59. The van der Waals surface area contributed by atoms with Crippen LogP contribution in [0.3, 0.4) is 0 Å². The van der Waals surface area contributed by atoms with Gasteiger partial charge >= 0.3 is 0 Å². The number of halogens is 1. The number of nitrogens with two attached hydrogens (primary N) is 1. The van der Waals surface area contributed by atoms with Gasteiger partial charge in [0.1, 0.15) is 5.83 Å². The maximum absolute atomic E-state index is 12.5. The average Bonchev–Trinajstić information content (AvgIpc) is 1.88. The minimum atomic E-state index is -0.600. The van der Waals surface area contributed by atoms with E-state index in [0.29, 0.717) is 4.91 Å². The third kappa shape index (κ3) is 2.80. The van der Waals surface area contributed by atoms with Gasteiger partial charge < -0.3 is 5.73 Å². The minimum Gasteiger partial charge on any atom is -0.395 e. The summed E-state index contributed by atoms with van der Waals surface area (Å²) in [7, 11) is 0. The van der Waals surface area contributed by atoms with Crippen molar-refractivity contribution < 1.29 is 4.39 Å². The van der Waals surface area contributed by atoms with Crippen LogP contribution in [0.4, 0.5) is 4.39 Å². The molecule has 0 aliphatic heterocycles. The van der Waals surface area contributed by atoms with Crippen molar-refractivity contribution in [3.8, 4) is 0 Å². The summed E-state index contributed by atoms with van der Waals surface area (Å²) < 4.78 is 12.5. The van der Waals surface area contributed by atoms with Crippen molar-refractivity contribution in [1.82, 2.24) is 0 Å². The van der Waals surface area contributed by atoms with Crippen molar-refractivity contribution in [2.24, 2.45) is 5.73 Å². The van der Waals surface area contributed by atoms with Crippen LogP contribution in [-0.2, 0) is 0 Å². The molecule has 0 fully saturated rings. The number of hydrogen-bond acceptors (Lipinski definition) is 2. The molecule has 2 N–H and O–H groups in total. The second-order valence-electron chi connectivity index (χ2n) is 2.13. The molecular weight excluding hydrogens is 161 g/mol. The highest BCUT2D eigenvalue weighted by Gasteiger charge is 2.05. The lowest BCUT2D eigenvalue weighted by atomic mass is 10.2. The second kappa shape index (κ2) is 4.23. The quantitative estimate of drug-likeness (QED) is 0.664. The number of hydrogen-bond donors (Lipinski definition) is 1. The Balaban J connectivity index is 4.83. The fourth-order valence-electron chi connectivity index (χ4n) is 0.637. The molecule has 0 atom stereocenters. The normalized spacial score (nSPS) is 12.3. The van der Waals surface area contributed by atoms with E-state index in [1.807, 2.05) is 6.26 Å². The van der Waals surface area contributed by atoms with Crippen molar-refractivity contribution in [2.45, 2.75) is 6.92 Å². The number of rotatable bonds is 3. The minimum absolute atomic E-state index is 0.0880. The average molecular weight is 173 g/mol. The summed E-state index contributed by atoms with van der Waals surface area (Å²) in [6, 6.07) is 0. The van der Waals surface area contributed by atoms with Gasteiger partial charge in [-0.3, -0.25) is 0 Å². The van der Waals surface area contributed by atoms with Gasteiger partial charge in [0.2, 0.25) is 0 Å². The zero-order valence-electron chi connectivity index (χ0n) is 6.78. The summed E-state index contributed by atoms with van der Waals surface area (Å²) in [5, 5.41) is 0. The van der Waals surface area contributed by atoms with E-state index < -0.39 is 5.83 Å². The summed E-state index contributed by atoms with van der Waals surface area (Å²) in [5.74, 6) is -0.600. The predicted octanol–water partition coefficient (Wildman–Crippen LogP) is 2.58. The van der Waals surface area contributed by atoms with E-state index in [1.54, 1.807) is 6.92 Å². The lowest BCUT2D eigenvalue weighted by Gasteiger charge is -2.06. The molecule has 0 unspecified atom stereocenters. The van der Waals surface area contributed by atoms with E-state index in [9.17, 15) is 4.39 Å². The molecule has 0 amide bonds. The van der Waals surface area contributed by atoms with Gasteiger partial charge in [0.15, 0.2) is 0 Å². The van der Waals surface area contributed by atoms with E-state index in [4.69, 9.17) is 5.73 Å². The molecular formula is C8H12FNS. The predicted molar refractivity (Wildman–Crippen MR) is 49.8 cm³/mol. The Bertz CT molecular complexity index is 218. The topological polar surface area (TPSA) is 26.0 Å². The fraction of sp³-hybridized carbons (Fsp3) is 0.250. The summed E-state index contributed by atoms with van der Waals surface area (Å²) >= 11 is 1.37. The maximum Gasteiger partial charge on any atom is 0.140 e. The lowest BCUT2D eigenvalue weighted by Crippen LogP contribution is -2.01. The van der Waals surface area contributed by atoms with Crippen LogP contribution in [-0.4, -0.2) is 6.26 Å². The van der Waals surface area contributed by atoms with Gasteiger partial charge in [-0.05, 0) is 18.8 Å². The van der Waals surface area contributed by atoms with Crippen LogP contribution in [0.15, 0.2) is 35.2 Å². The van der Waals surface area contributed by atoms with E-state index in [0.717, 1.165) is 5.57 Å². The summed E-state index contributed by atoms with van der Waals surface area (Å²) in [5.41, 5.74) is 6.24. The highest BCUT2D eigenvalue weighted by Crippen LogP contribution is 2.24. The maximum atomic E-state index is 12.5. The van der Waals surface area contributed by atoms with Crippen LogP contribution in [0, 0.1) is 0 Å². The molecule has 0 rings (SSSR count). The molecule has 0 aromatic carbocycles. The Labute approximate surface area is 70.9 Å². The Hall–Kier alpha value is -0.700. The molecule has 0 saturated carbocycles. The first-order valence-corrected chi connectivity index (χ1v) is 4.27. The molecule has 11 heavy (non-hydrogen) atoms. The monoisotopic (exact) mass is 173 g/mol. The molecule has 0 spiro atoms. The van der Waals surface area contributed by atoms with Gasteiger partial charge in [-0.2, -0.15) is 0 Å². The molecule has 0 bridgehead atoms. The van der Waals surface area contributed by atoms with Gasteiger partial charge in [0.25, 0.3) is 0 Å². The lowest BCUT2D eigenvalue weighted by molar-refractivity contribution is 0.652. The van der Waals surface area contributed by atoms with Crippen LogP contribution in [0.25, 0.3) is 0 Å². The van der Waals surface area contributed by atoms with Crippen LogP contribution < -0.4 is 5.73 Å². The molecule has 0 radical (unpaired) electrons.